The van der Waals surface area contributed by atoms with E-state index in [0.29, 0.717) is 19.8 Å². The van der Waals surface area contributed by atoms with Crippen molar-refractivity contribution in [3.05, 3.63) is 23.8 Å². The number of urea groups is 1. The van der Waals surface area contributed by atoms with Gasteiger partial charge < -0.3 is 15.4 Å². The highest BCUT2D eigenvalue weighted by Crippen LogP contribution is 2.33. The SMILES string of the molecule is CCOCCCNC(=O)Nc1ccc(SC(C)(C)C)cc1C. The van der Waals surface area contributed by atoms with Crippen LogP contribution >= 0.6 is 11.8 Å². The summed E-state index contributed by atoms with van der Waals surface area (Å²) in [4.78, 5) is 13.1. The van der Waals surface area contributed by atoms with E-state index in [1.165, 1.54) is 4.90 Å². The zero-order valence-corrected chi connectivity index (χ0v) is 15.1. The van der Waals surface area contributed by atoms with E-state index in [1.54, 1.807) is 0 Å². The predicted molar refractivity (Wildman–Crippen MR) is 94.9 cm³/mol. The highest BCUT2D eigenvalue weighted by atomic mass is 32.2. The molecule has 0 fully saturated rings. The topological polar surface area (TPSA) is 50.4 Å². The van der Waals surface area contributed by atoms with Gasteiger partial charge >= 0.3 is 6.03 Å². The number of rotatable bonds is 7. The molecule has 124 valence electrons. The highest BCUT2D eigenvalue weighted by molar-refractivity contribution is 8.00. The van der Waals surface area contributed by atoms with E-state index in [1.807, 2.05) is 37.7 Å². The first-order valence-electron chi connectivity index (χ1n) is 7.74. The van der Waals surface area contributed by atoms with Crippen LogP contribution in [-0.2, 0) is 4.74 Å². The van der Waals surface area contributed by atoms with E-state index in [9.17, 15) is 4.79 Å². The number of ether oxygens (including phenoxy) is 1. The second-order valence-electron chi connectivity index (χ2n) is 6.12. The first-order valence-corrected chi connectivity index (χ1v) is 8.55. The summed E-state index contributed by atoms with van der Waals surface area (Å²) in [7, 11) is 0. The summed E-state index contributed by atoms with van der Waals surface area (Å²) in [5.74, 6) is 0. The molecule has 2 N–H and O–H groups in total. The minimum absolute atomic E-state index is 0.171. The Hall–Kier alpha value is -1.20. The summed E-state index contributed by atoms with van der Waals surface area (Å²) in [6.45, 7) is 12.5. The number of anilines is 1. The molecule has 0 aliphatic carbocycles. The van der Waals surface area contributed by atoms with E-state index in [2.05, 4.69) is 37.5 Å². The van der Waals surface area contributed by atoms with Crippen LogP contribution in [0.1, 0.15) is 39.7 Å². The number of aryl methyl sites for hydroxylation is 1. The van der Waals surface area contributed by atoms with Gasteiger partial charge in [-0.1, -0.05) is 20.8 Å². The van der Waals surface area contributed by atoms with E-state index < -0.39 is 0 Å². The molecule has 0 saturated heterocycles. The number of nitrogens with one attached hydrogen (secondary N) is 2. The van der Waals surface area contributed by atoms with Crippen LogP contribution in [0.3, 0.4) is 0 Å². The van der Waals surface area contributed by atoms with Gasteiger partial charge in [0.25, 0.3) is 0 Å². The normalized spacial score (nSPS) is 11.3. The smallest absolute Gasteiger partial charge is 0.319 e. The third-order valence-electron chi connectivity index (χ3n) is 2.83. The van der Waals surface area contributed by atoms with Crippen molar-refractivity contribution in [2.75, 3.05) is 25.1 Å². The molecule has 0 radical (unpaired) electrons. The Morgan fingerprint density at radius 3 is 2.64 bits per heavy atom. The maximum absolute atomic E-state index is 11.8. The summed E-state index contributed by atoms with van der Waals surface area (Å²) in [5.41, 5.74) is 1.92. The van der Waals surface area contributed by atoms with Gasteiger partial charge in [0.15, 0.2) is 0 Å². The first-order chi connectivity index (χ1) is 10.3. The molecular formula is C17H28N2O2S. The summed E-state index contributed by atoms with van der Waals surface area (Å²) in [6, 6.07) is 5.95. The second-order valence-corrected chi connectivity index (χ2v) is 8.02. The third kappa shape index (κ3) is 7.71. The van der Waals surface area contributed by atoms with Crippen LogP contribution in [0, 0.1) is 6.92 Å². The van der Waals surface area contributed by atoms with E-state index in [-0.39, 0.29) is 10.8 Å². The van der Waals surface area contributed by atoms with E-state index in [0.717, 1.165) is 17.7 Å². The Balaban J connectivity index is 2.47. The summed E-state index contributed by atoms with van der Waals surface area (Å²) in [6.07, 6.45) is 0.821. The third-order valence-corrected chi connectivity index (χ3v) is 3.93. The van der Waals surface area contributed by atoms with Gasteiger partial charge in [-0.2, -0.15) is 0 Å². The van der Waals surface area contributed by atoms with Gasteiger partial charge in [-0.25, -0.2) is 4.79 Å². The Labute approximate surface area is 138 Å². The maximum Gasteiger partial charge on any atom is 0.319 e. The lowest BCUT2D eigenvalue weighted by Crippen LogP contribution is -2.30. The molecule has 1 aromatic rings. The number of benzene rings is 1. The summed E-state index contributed by atoms with van der Waals surface area (Å²) >= 11 is 1.82. The fourth-order valence-electron chi connectivity index (χ4n) is 1.88. The molecule has 0 heterocycles. The van der Waals surface area contributed by atoms with Gasteiger partial charge in [0.05, 0.1) is 0 Å². The van der Waals surface area contributed by atoms with Gasteiger partial charge in [0.1, 0.15) is 0 Å². The average molecular weight is 324 g/mol. The molecule has 0 saturated carbocycles. The van der Waals surface area contributed by atoms with Crippen LogP contribution in [0.15, 0.2) is 23.1 Å². The van der Waals surface area contributed by atoms with Crippen LogP contribution in [0.2, 0.25) is 0 Å². The molecule has 0 aliphatic rings. The van der Waals surface area contributed by atoms with Crippen molar-refractivity contribution in [2.24, 2.45) is 0 Å². The lowest BCUT2D eigenvalue weighted by molar-refractivity contribution is 0.145. The molecule has 0 atom stereocenters. The van der Waals surface area contributed by atoms with Crippen molar-refractivity contribution in [1.29, 1.82) is 0 Å². The molecular weight excluding hydrogens is 296 g/mol. The molecule has 0 unspecified atom stereocenters. The molecule has 5 heteroatoms. The van der Waals surface area contributed by atoms with Crippen LogP contribution in [0.4, 0.5) is 10.5 Å². The van der Waals surface area contributed by atoms with E-state index in [4.69, 9.17) is 4.74 Å². The highest BCUT2D eigenvalue weighted by Gasteiger charge is 2.13. The van der Waals surface area contributed by atoms with Crippen molar-refractivity contribution >= 4 is 23.5 Å². The van der Waals surface area contributed by atoms with Gasteiger partial charge in [-0.15, -0.1) is 11.8 Å². The van der Waals surface area contributed by atoms with Gasteiger partial charge in [0.2, 0.25) is 0 Å². The number of thioether (sulfide) groups is 1. The van der Waals surface area contributed by atoms with Gasteiger partial charge in [0, 0.05) is 35.1 Å². The zero-order chi connectivity index (χ0) is 16.6. The summed E-state index contributed by atoms with van der Waals surface area (Å²) < 4.78 is 5.41. The van der Waals surface area contributed by atoms with Crippen molar-refractivity contribution in [3.8, 4) is 0 Å². The van der Waals surface area contributed by atoms with Crippen molar-refractivity contribution < 1.29 is 9.53 Å². The van der Waals surface area contributed by atoms with Crippen molar-refractivity contribution in [1.82, 2.24) is 5.32 Å². The molecule has 0 aromatic heterocycles. The Bertz CT molecular complexity index is 484. The number of carbonyl (C=O) groups is 1. The fourth-order valence-corrected chi connectivity index (χ4v) is 2.96. The molecule has 2 amide bonds. The average Bonchev–Trinajstić information content (AvgIpc) is 2.40. The van der Waals surface area contributed by atoms with Crippen molar-refractivity contribution in [2.45, 2.75) is 50.7 Å². The standard InChI is InChI=1S/C17H28N2O2S/c1-6-21-11-7-10-18-16(20)19-15-9-8-14(12-13(15)2)22-17(3,4)5/h8-9,12H,6-7,10-11H2,1-5H3,(H2,18,19,20). The van der Waals surface area contributed by atoms with E-state index >= 15 is 0 Å². The number of carbonyl (C=O) groups excluding carboxylic acids is 1. The van der Waals surface area contributed by atoms with Gasteiger partial charge in [-0.05, 0) is 44.0 Å². The van der Waals surface area contributed by atoms with Crippen LogP contribution < -0.4 is 10.6 Å². The Morgan fingerprint density at radius 2 is 2.05 bits per heavy atom. The zero-order valence-electron chi connectivity index (χ0n) is 14.3. The second kappa shape index (κ2) is 9.06. The molecule has 4 nitrogen and oxygen atoms in total. The lowest BCUT2D eigenvalue weighted by atomic mass is 10.2. The van der Waals surface area contributed by atoms with Crippen LogP contribution in [-0.4, -0.2) is 30.5 Å². The number of hydrogen-bond donors (Lipinski definition) is 2. The fraction of sp³-hybridized carbons (Fsp3) is 0.588. The monoisotopic (exact) mass is 324 g/mol. The van der Waals surface area contributed by atoms with Crippen LogP contribution in [0.5, 0.6) is 0 Å². The molecule has 0 spiro atoms. The first kappa shape index (κ1) is 18.8. The molecule has 22 heavy (non-hydrogen) atoms. The molecule has 0 aliphatic heterocycles. The van der Waals surface area contributed by atoms with Crippen LogP contribution in [0.25, 0.3) is 0 Å². The lowest BCUT2D eigenvalue weighted by Gasteiger charge is -2.18. The number of hydrogen-bond acceptors (Lipinski definition) is 3. The maximum atomic E-state index is 11.8. The molecule has 1 aromatic carbocycles. The predicted octanol–water partition coefficient (Wildman–Crippen LogP) is 4.43. The summed E-state index contributed by atoms with van der Waals surface area (Å²) in [5, 5.41) is 5.73. The van der Waals surface area contributed by atoms with Crippen molar-refractivity contribution in [3.63, 3.8) is 0 Å². The Kier molecular flexibility index (Phi) is 7.76. The molecule has 0 bridgehead atoms. The number of amides is 2. The largest absolute Gasteiger partial charge is 0.382 e. The quantitative estimate of drug-likeness (QED) is 0.576. The Morgan fingerprint density at radius 1 is 1.32 bits per heavy atom. The minimum Gasteiger partial charge on any atom is -0.382 e. The van der Waals surface area contributed by atoms with Gasteiger partial charge in [-0.3, -0.25) is 0 Å². The molecule has 1 rings (SSSR count). The minimum atomic E-state index is -0.171.